The van der Waals surface area contributed by atoms with E-state index in [2.05, 4.69) is 0 Å². The second kappa shape index (κ2) is 2.29. The lowest BCUT2D eigenvalue weighted by atomic mass is 10.1. The molecule has 1 unspecified atom stereocenters. The number of aliphatic hydroxyl groups excluding tert-OH is 1. The minimum atomic E-state index is -1.06. The van der Waals surface area contributed by atoms with Crippen molar-refractivity contribution in [1.82, 2.24) is 5.12 Å². The predicted molar refractivity (Wildman–Crippen MR) is 38.1 cm³/mol. The van der Waals surface area contributed by atoms with Crippen LogP contribution in [0.3, 0.4) is 0 Å². The van der Waals surface area contributed by atoms with Crippen molar-refractivity contribution in [2.75, 3.05) is 0 Å². The van der Waals surface area contributed by atoms with Gasteiger partial charge in [0.1, 0.15) is 0 Å². The Balaban J connectivity index is 2.47. The van der Waals surface area contributed by atoms with Crippen LogP contribution in [0.15, 0.2) is 24.3 Å². The van der Waals surface area contributed by atoms with Gasteiger partial charge in [0.2, 0.25) is 0 Å². The molecule has 0 bridgehead atoms. The topological polar surface area (TPSA) is 23.5 Å². The molecule has 0 fully saturated rings. The Labute approximate surface area is 63.8 Å². The Kier molecular flexibility index (Phi) is 1.41. The molecule has 1 atom stereocenters. The van der Waals surface area contributed by atoms with Crippen molar-refractivity contribution in [1.29, 1.82) is 0 Å². The third-order valence-corrected chi connectivity index (χ3v) is 1.92. The molecule has 0 radical (unpaired) electrons. The molecule has 58 valence electrons. The number of halogens is 1. The van der Waals surface area contributed by atoms with E-state index in [1.54, 1.807) is 12.1 Å². The van der Waals surface area contributed by atoms with Crippen LogP contribution in [0.1, 0.15) is 17.4 Å². The van der Waals surface area contributed by atoms with Crippen LogP contribution in [0.5, 0.6) is 0 Å². The van der Waals surface area contributed by atoms with Crippen LogP contribution in [-0.2, 0) is 6.54 Å². The van der Waals surface area contributed by atoms with Crippen LogP contribution < -0.4 is 0 Å². The average Bonchev–Trinajstić information content (AvgIpc) is 2.30. The molecule has 1 aliphatic rings. The summed E-state index contributed by atoms with van der Waals surface area (Å²) in [4.78, 5) is 0. The van der Waals surface area contributed by atoms with Gasteiger partial charge in [-0.1, -0.05) is 24.3 Å². The Morgan fingerprint density at radius 2 is 2.18 bits per heavy atom. The van der Waals surface area contributed by atoms with Crippen LogP contribution in [0.2, 0.25) is 0 Å². The first-order valence-electron chi connectivity index (χ1n) is 3.47. The fourth-order valence-electron chi connectivity index (χ4n) is 1.33. The van der Waals surface area contributed by atoms with Crippen LogP contribution >= 0.6 is 0 Å². The molecule has 1 aromatic rings. The zero-order valence-corrected chi connectivity index (χ0v) is 5.87. The van der Waals surface area contributed by atoms with Gasteiger partial charge < -0.3 is 5.11 Å². The summed E-state index contributed by atoms with van der Waals surface area (Å²) in [5.41, 5.74) is 1.54. The highest BCUT2D eigenvalue weighted by atomic mass is 19.2. The smallest absolute Gasteiger partial charge is 0.161 e. The van der Waals surface area contributed by atoms with Crippen molar-refractivity contribution in [2.24, 2.45) is 0 Å². The molecule has 0 spiro atoms. The highest BCUT2D eigenvalue weighted by Gasteiger charge is 2.27. The molecule has 1 aromatic carbocycles. The molecule has 0 amide bonds. The van der Waals surface area contributed by atoms with E-state index in [9.17, 15) is 9.59 Å². The summed E-state index contributed by atoms with van der Waals surface area (Å²) in [6.07, 6.45) is -1.06. The molecule has 2 rings (SSSR count). The average molecular weight is 153 g/mol. The molecule has 0 saturated heterocycles. The number of aliphatic hydroxyl groups is 1. The third kappa shape index (κ3) is 0.931. The quantitative estimate of drug-likeness (QED) is 0.569. The number of hydrogen-bond acceptors (Lipinski definition) is 2. The fraction of sp³-hybridized carbons (Fsp3) is 0.250. The van der Waals surface area contributed by atoms with Crippen molar-refractivity contribution in [3.63, 3.8) is 0 Å². The molecule has 0 aromatic heterocycles. The van der Waals surface area contributed by atoms with Gasteiger partial charge in [0.25, 0.3) is 0 Å². The van der Waals surface area contributed by atoms with E-state index in [0.717, 1.165) is 5.56 Å². The molecular weight excluding hydrogens is 145 g/mol. The molecule has 1 N–H and O–H groups in total. The lowest BCUT2D eigenvalue weighted by molar-refractivity contribution is -0.117. The van der Waals surface area contributed by atoms with E-state index in [0.29, 0.717) is 10.7 Å². The van der Waals surface area contributed by atoms with Gasteiger partial charge in [0.15, 0.2) is 6.23 Å². The molecule has 2 nitrogen and oxygen atoms in total. The zero-order valence-electron chi connectivity index (χ0n) is 5.87. The Morgan fingerprint density at radius 1 is 1.45 bits per heavy atom. The van der Waals surface area contributed by atoms with E-state index in [1.807, 2.05) is 12.1 Å². The number of benzene rings is 1. The lowest BCUT2D eigenvalue weighted by Crippen LogP contribution is -2.10. The Morgan fingerprint density at radius 3 is 2.91 bits per heavy atom. The number of nitrogens with zero attached hydrogens (tertiary/aromatic N) is 1. The van der Waals surface area contributed by atoms with Crippen LogP contribution in [0.25, 0.3) is 0 Å². The van der Waals surface area contributed by atoms with Crippen molar-refractivity contribution in [2.45, 2.75) is 12.8 Å². The standard InChI is InChI=1S/C8H8FNO/c9-10-5-6-3-1-2-4-7(6)8(10)11/h1-4,8,11H,5H2. The number of rotatable bonds is 0. The van der Waals surface area contributed by atoms with Gasteiger partial charge in [-0.25, -0.2) is 0 Å². The summed E-state index contributed by atoms with van der Waals surface area (Å²) in [5, 5.41) is 9.62. The molecule has 1 aliphatic heterocycles. The Hall–Kier alpha value is -0.930. The summed E-state index contributed by atoms with van der Waals surface area (Å²) in [7, 11) is 0. The van der Waals surface area contributed by atoms with Gasteiger partial charge in [0.05, 0.1) is 6.54 Å². The maximum absolute atomic E-state index is 12.7. The lowest BCUT2D eigenvalue weighted by Gasteiger charge is -2.07. The summed E-state index contributed by atoms with van der Waals surface area (Å²) >= 11 is 0. The maximum atomic E-state index is 12.7. The Bertz CT molecular complexity index is 277. The summed E-state index contributed by atoms with van der Waals surface area (Å²) in [6.45, 7) is 0.192. The molecular formula is C8H8FNO. The zero-order chi connectivity index (χ0) is 7.84. The van der Waals surface area contributed by atoms with Crippen LogP contribution in [-0.4, -0.2) is 10.2 Å². The van der Waals surface area contributed by atoms with Gasteiger partial charge in [-0.15, -0.1) is 9.60 Å². The van der Waals surface area contributed by atoms with E-state index in [1.165, 1.54) is 0 Å². The van der Waals surface area contributed by atoms with Crippen molar-refractivity contribution < 1.29 is 9.59 Å². The fourth-order valence-corrected chi connectivity index (χ4v) is 1.33. The van der Waals surface area contributed by atoms with E-state index in [4.69, 9.17) is 0 Å². The molecule has 3 heteroatoms. The highest BCUT2D eigenvalue weighted by molar-refractivity contribution is 5.31. The first kappa shape index (κ1) is 6.76. The second-order valence-corrected chi connectivity index (χ2v) is 2.63. The van der Waals surface area contributed by atoms with Crippen molar-refractivity contribution in [3.8, 4) is 0 Å². The van der Waals surface area contributed by atoms with Gasteiger partial charge in [-0.2, -0.15) is 0 Å². The normalized spacial score (nSPS) is 23.6. The van der Waals surface area contributed by atoms with Gasteiger partial charge in [0, 0.05) is 5.56 Å². The molecule has 0 aliphatic carbocycles. The van der Waals surface area contributed by atoms with Gasteiger partial charge >= 0.3 is 0 Å². The van der Waals surface area contributed by atoms with Gasteiger partial charge in [-0.3, -0.25) is 0 Å². The van der Waals surface area contributed by atoms with Crippen LogP contribution in [0, 0.1) is 0 Å². The summed E-state index contributed by atoms with van der Waals surface area (Å²) in [5.74, 6) is 0. The molecule has 11 heavy (non-hydrogen) atoms. The SMILES string of the molecule is OC1c2ccccc2CN1F. The highest BCUT2D eigenvalue weighted by Crippen LogP contribution is 2.30. The second-order valence-electron chi connectivity index (χ2n) is 2.63. The van der Waals surface area contributed by atoms with E-state index >= 15 is 0 Å². The summed E-state index contributed by atoms with van der Waals surface area (Å²) < 4.78 is 12.7. The number of fused-ring (bicyclic) bond motifs is 1. The number of hydrogen-bond donors (Lipinski definition) is 1. The molecule has 1 heterocycles. The first-order valence-corrected chi connectivity index (χ1v) is 3.47. The van der Waals surface area contributed by atoms with Gasteiger partial charge in [-0.05, 0) is 5.56 Å². The predicted octanol–water partition coefficient (Wildman–Crippen LogP) is 1.38. The van der Waals surface area contributed by atoms with Crippen LogP contribution in [0.4, 0.5) is 4.48 Å². The molecule has 0 saturated carbocycles. The van der Waals surface area contributed by atoms with Crippen molar-refractivity contribution >= 4 is 0 Å². The largest absolute Gasteiger partial charge is 0.372 e. The minimum Gasteiger partial charge on any atom is -0.372 e. The minimum absolute atomic E-state index is 0.192. The monoisotopic (exact) mass is 153 g/mol. The van der Waals surface area contributed by atoms with E-state index in [-0.39, 0.29) is 6.54 Å². The summed E-state index contributed by atoms with van der Waals surface area (Å²) in [6, 6.07) is 7.18. The van der Waals surface area contributed by atoms with E-state index < -0.39 is 6.23 Å². The first-order chi connectivity index (χ1) is 5.29. The maximum Gasteiger partial charge on any atom is 0.161 e. The third-order valence-electron chi connectivity index (χ3n) is 1.92. The van der Waals surface area contributed by atoms with Crippen molar-refractivity contribution in [3.05, 3.63) is 35.4 Å².